The first-order valence-electron chi connectivity index (χ1n) is 7.91. The minimum absolute atomic E-state index is 0.0419. The van der Waals surface area contributed by atoms with E-state index in [1.54, 1.807) is 62.4 Å². The van der Waals surface area contributed by atoms with E-state index in [0.29, 0.717) is 22.3 Å². The Kier molecular flexibility index (Phi) is 5.74. The van der Waals surface area contributed by atoms with Crippen LogP contribution < -0.4 is 5.73 Å². The maximum Gasteiger partial charge on any atom is 0.248 e. The van der Waals surface area contributed by atoms with Crippen molar-refractivity contribution in [3.8, 4) is 0 Å². The molecule has 0 bridgehead atoms. The van der Waals surface area contributed by atoms with Crippen LogP contribution in [0.15, 0.2) is 48.5 Å². The summed E-state index contributed by atoms with van der Waals surface area (Å²) >= 11 is 0. The van der Waals surface area contributed by atoms with Crippen LogP contribution in [0, 0.1) is 0 Å². The van der Waals surface area contributed by atoms with Crippen LogP contribution in [0.1, 0.15) is 45.7 Å². The Balaban J connectivity index is 2.10. The number of nitrogens with two attached hydrogens (primary N) is 1. The Bertz CT molecular complexity index is 884. The van der Waals surface area contributed by atoms with Gasteiger partial charge in [0.05, 0.1) is 11.0 Å². The van der Waals surface area contributed by atoms with Crippen molar-refractivity contribution in [2.75, 3.05) is 0 Å². The van der Waals surface area contributed by atoms with Gasteiger partial charge < -0.3 is 5.73 Å². The summed E-state index contributed by atoms with van der Waals surface area (Å²) in [5.74, 6) is -0.690. The van der Waals surface area contributed by atoms with Crippen LogP contribution in [-0.2, 0) is 22.0 Å². The predicted molar refractivity (Wildman–Crippen MR) is 97.2 cm³/mol. The van der Waals surface area contributed by atoms with Crippen LogP contribution in [0.4, 0.5) is 0 Å². The van der Waals surface area contributed by atoms with Crippen LogP contribution in [0.25, 0.3) is 0 Å². The number of sulfone groups is 1. The highest BCUT2D eigenvalue weighted by Crippen LogP contribution is 2.14. The molecular formula is C19H21NO4S. The van der Waals surface area contributed by atoms with Gasteiger partial charge in [0, 0.05) is 17.5 Å². The number of rotatable bonds is 7. The number of primary amides is 1. The molecule has 0 saturated carbocycles. The summed E-state index contributed by atoms with van der Waals surface area (Å²) in [5.41, 5.74) is 7.45. The van der Waals surface area contributed by atoms with Crippen molar-refractivity contribution in [2.24, 2.45) is 5.73 Å². The number of hydrogen-bond acceptors (Lipinski definition) is 4. The molecule has 2 N–H and O–H groups in total. The number of Topliss-reactive ketones (excluding diaryl/α,β-unsaturated/α-hetero) is 1. The van der Waals surface area contributed by atoms with Gasteiger partial charge in [-0.2, -0.15) is 0 Å². The average molecular weight is 359 g/mol. The highest BCUT2D eigenvalue weighted by atomic mass is 32.2. The Hall–Kier alpha value is -2.47. The molecule has 0 aromatic heterocycles. The van der Waals surface area contributed by atoms with E-state index in [2.05, 4.69) is 0 Å². The second kappa shape index (κ2) is 7.61. The SMILES string of the molecule is CC(C)S(=O)(=O)Cc1ccc(C(=O)Cc2cccc(C(N)=O)c2)cc1. The van der Waals surface area contributed by atoms with Gasteiger partial charge in [0.1, 0.15) is 0 Å². The lowest BCUT2D eigenvalue weighted by molar-refractivity contribution is 0.0984. The molecule has 2 aromatic carbocycles. The van der Waals surface area contributed by atoms with Crippen molar-refractivity contribution in [1.82, 2.24) is 0 Å². The standard InChI is InChI=1S/C19H21NO4S/c1-13(2)25(23,24)12-14-6-8-16(9-7-14)18(21)11-15-4-3-5-17(10-15)19(20)22/h3-10,13H,11-12H2,1-2H3,(H2,20,22). The second-order valence-electron chi connectivity index (χ2n) is 6.22. The lowest BCUT2D eigenvalue weighted by Gasteiger charge is -2.08. The normalized spacial score (nSPS) is 11.5. The maximum absolute atomic E-state index is 12.4. The Morgan fingerprint density at radius 2 is 1.60 bits per heavy atom. The van der Waals surface area contributed by atoms with Gasteiger partial charge in [-0.3, -0.25) is 9.59 Å². The first-order valence-corrected chi connectivity index (χ1v) is 9.63. The van der Waals surface area contributed by atoms with E-state index in [4.69, 9.17) is 5.73 Å². The summed E-state index contributed by atoms with van der Waals surface area (Å²) < 4.78 is 23.9. The number of ketones is 1. The van der Waals surface area contributed by atoms with Crippen molar-refractivity contribution in [3.63, 3.8) is 0 Å². The monoisotopic (exact) mass is 359 g/mol. The summed E-state index contributed by atoms with van der Waals surface area (Å²) in [7, 11) is -3.17. The fourth-order valence-electron chi connectivity index (χ4n) is 2.31. The number of hydrogen-bond donors (Lipinski definition) is 1. The van der Waals surface area contributed by atoms with Gasteiger partial charge in [0.25, 0.3) is 0 Å². The van der Waals surface area contributed by atoms with Crippen molar-refractivity contribution >= 4 is 21.5 Å². The van der Waals surface area contributed by atoms with Gasteiger partial charge in [-0.25, -0.2) is 8.42 Å². The first-order chi connectivity index (χ1) is 11.7. The fourth-order valence-corrected chi connectivity index (χ4v) is 3.30. The van der Waals surface area contributed by atoms with E-state index in [1.165, 1.54) is 0 Å². The lowest BCUT2D eigenvalue weighted by atomic mass is 10.0. The minimum atomic E-state index is -3.17. The quantitative estimate of drug-likeness (QED) is 0.769. The van der Waals surface area contributed by atoms with Crippen LogP contribution in [-0.4, -0.2) is 25.4 Å². The topological polar surface area (TPSA) is 94.3 Å². The third-order valence-corrected chi connectivity index (χ3v) is 6.11. The zero-order chi connectivity index (χ0) is 18.6. The molecule has 0 saturated heterocycles. The molecule has 1 amide bonds. The summed E-state index contributed by atoms with van der Waals surface area (Å²) in [6.45, 7) is 3.29. The van der Waals surface area contributed by atoms with Gasteiger partial charge in [0.15, 0.2) is 15.6 Å². The molecule has 0 spiro atoms. The molecular weight excluding hydrogens is 338 g/mol. The third kappa shape index (κ3) is 5.00. The van der Waals surface area contributed by atoms with Gasteiger partial charge in [0.2, 0.25) is 5.91 Å². The van der Waals surface area contributed by atoms with E-state index >= 15 is 0 Å². The summed E-state index contributed by atoms with van der Waals surface area (Å²) in [5, 5.41) is -0.439. The number of carbonyl (C=O) groups is 2. The van der Waals surface area contributed by atoms with Crippen LogP contribution in [0.3, 0.4) is 0 Å². The van der Waals surface area contributed by atoms with Gasteiger partial charge in [-0.05, 0) is 37.1 Å². The highest BCUT2D eigenvalue weighted by Gasteiger charge is 2.17. The van der Waals surface area contributed by atoms with Crippen molar-refractivity contribution in [1.29, 1.82) is 0 Å². The molecule has 0 atom stereocenters. The number of carbonyl (C=O) groups excluding carboxylic acids is 2. The molecule has 0 heterocycles. The van der Waals surface area contributed by atoms with E-state index in [0.717, 1.165) is 0 Å². The van der Waals surface area contributed by atoms with E-state index < -0.39 is 21.0 Å². The molecule has 25 heavy (non-hydrogen) atoms. The lowest BCUT2D eigenvalue weighted by Crippen LogP contribution is -2.16. The minimum Gasteiger partial charge on any atom is -0.366 e. The molecule has 6 heteroatoms. The number of benzene rings is 2. The second-order valence-corrected chi connectivity index (χ2v) is 8.77. The smallest absolute Gasteiger partial charge is 0.248 e. The number of amides is 1. The molecule has 5 nitrogen and oxygen atoms in total. The molecule has 0 radical (unpaired) electrons. The molecule has 132 valence electrons. The Morgan fingerprint density at radius 3 is 2.16 bits per heavy atom. The predicted octanol–water partition coefficient (Wildman–Crippen LogP) is 2.53. The highest BCUT2D eigenvalue weighted by molar-refractivity contribution is 7.91. The summed E-state index contributed by atoms with van der Waals surface area (Å²) in [6, 6.07) is 13.2. The van der Waals surface area contributed by atoms with Gasteiger partial charge in [-0.15, -0.1) is 0 Å². The summed E-state index contributed by atoms with van der Waals surface area (Å²) in [6.07, 6.45) is 0.144. The van der Waals surface area contributed by atoms with E-state index in [1.807, 2.05) is 0 Å². The van der Waals surface area contributed by atoms with Crippen molar-refractivity contribution in [2.45, 2.75) is 31.3 Å². The Labute approximate surface area is 147 Å². The van der Waals surface area contributed by atoms with Crippen molar-refractivity contribution < 1.29 is 18.0 Å². The van der Waals surface area contributed by atoms with E-state index in [9.17, 15) is 18.0 Å². The first kappa shape index (κ1) is 18.9. The van der Waals surface area contributed by atoms with Gasteiger partial charge >= 0.3 is 0 Å². The molecule has 0 aliphatic heterocycles. The van der Waals surface area contributed by atoms with Crippen LogP contribution in [0.5, 0.6) is 0 Å². The molecule has 0 aliphatic rings. The van der Waals surface area contributed by atoms with Gasteiger partial charge in [-0.1, -0.05) is 36.4 Å². The zero-order valence-corrected chi connectivity index (χ0v) is 15.0. The molecule has 0 fully saturated rings. The molecule has 2 rings (SSSR count). The van der Waals surface area contributed by atoms with Crippen LogP contribution >= 0.6 is 0 Å². The largest absolute Gasteiger partial charge is 0.366 e. The third-order valence-electron chi connectivity index (χ3n) is 3.94. The summed E-state index contributed by atoms with van der Waals surface area (Å²) in [4.78, 5) is 23.6. The Morgan fingerprint density at radius 1 is 0.960 bits per heavy atom. The maximum atomic E-state index is 12.4. The average Bonchev–Trinajstić information content (AvgIpc) is 2.55. The molecule has 2 aromatic rings. The fraction of sp³-hybridized carbons (Fsp3) is 0.263. The molecule has 0 unspecified atom stereocenters. The zero-order valence-electron chi connectivity index (χ0n) is 14.2. The van der Waals surface area contributed by atoms with Crippen molar-refractivity contribution in [3.05, 3.63) is 70.8 Å². The van der Waals surface area contributed by atoms with Crippen LogP contribution in [0.2, 0.25) is 0 Å². The van der Waals surface area contributed by atoms with E-state index in [-0.39, 0.29) is 18.0 Å². The molecule has 0 aliphatic carbocycles.